The molecule has 4 rings (SSSR count). The fourth-order valence-corrected chi connectivity index (χ4v) is 4.36. The summed E-state index contributed by atoms with van der Waals surface area (Å²) in [5.74, 6) is 1.18. The van der Waals surface area contributed by atoms with Crippen molar-refractivity contribution in [3.05, 3.63) is 30.1 Å². The molecule has 0 aromatic carbocycles. The number of pyridine rings is 2. The number of hydrogen-bond acceptors (Lipinski definition) is 5. The van der Waals surface area contributed by atoms with Crippen LogP contribution in [0.5, 0.6) is 0 Å². The largest absolute Gasteiger partial charge is 0.390 e. The van der Waals surface area contributed by atoms with Crippen LogP contribution >= 0.6 is 0 Å². The summed E-state index contributed by atoms with van der Waals surface area (Å²) in [6, 6.07) is 4.57. The molecule has 150 valence electrons. The fraction of sp³-hybridized carbons (Fsp3) is 0.591. The zero-order valence-electron chi connectivity index (χ0n) is 17.0. The van der Waals surface area contributed by atoms with Gasteiger partial charge in [0.05, 0.1) is 16.7 Å². The second-order valence-corrected chi connectivity index (χ2v) is 8.97. The molecule has 0 bridgehead atoms. The molecule has 1 saturated carbocycles. The third-order valence-corrected chi connectivity index (χ3v) is 6.49. The lowest BCUT2D eigenvalue weighted by Gasteiger charge is -2.39. The van der Waals surface area contributed by atoms with E-state index in [0.717, 1.165) is 48.9 Å². The first kappa shape index (κ1) is 19.1. The number of aromatic nitrogens is 2. The van der Waals surface area contributed by atoms with Crippen LogP contribution in [0.1, 0.15) is 63.2 Å². The molecule has 2 N–H and O–H groups in total. The maximum atomic E-state index is 12.7. The van der Waals surface area contributed by atoms with Crippen molar-refractivity contribution < 1.29 is 9.90 Å². The third kappa shape index (κ3) is 3.83. The van der Waals surface area contributed by atoms with Crippen LogP contribution in [0, 0.1) is 5.92 Å². The normalized spacial score (nSPS) is 25.4. The first-order chi connectivity index (χ1) is 13.3. The van der Waals surface area contributed by atoms with Crippen molar-refractivity contribution in [3.63, 3.8) is 0 Å². The van der Waals surface area contributed by atoms with Gasteiger partial charge < -0.3 is 15.3 Å². The standard InChI is InChI=1S/C22H30N4O2/c1-14-8-9-26(14)20-11-19-15(12-24-20)10-16(13-23-19)21(27)25-18-6-4-17(5-7-18)22(2,3)28/h10-14,17-18,28H,4-9H2,1-3H3,(H,25,27)/t14-,17-,18-/m0/s1. The summed E-state index contributed by atoms with van der Waals surface area (Å²) >= 11 is 0. The Labute approximate surface area is 166 Å². The molecule has 6 nitrogen and oxygen atoms in total. The van der Waals surface area contributed by atoms with Gasteiger partial charge in [-0.1, -0.05) is 0 Å². The van der Waals surface area contributed by atoms with E-state index in [1.807, 2.05) is 32.2 Å². The molecule has 1 aliphatic heterocycles. The van der Waals surface area contributed by atoms with E-state index in [1.54, 1.807) is 6.20 Å². The molecule has 3 heterocycles. The van der Waals surface area contributed by atoms with E-state index in [9.17, 15) is 9.90 Å². The first-order valence-corrected chi connectivity index (χ1v) is 10.4. The Morgan fingerprint density at radius 3 is 2.50 bits per heavy atom. The molecule has 2 aromatic rings. The average molecular weight is 383 g/mol. The number of carbonyl (C=O) groups is 1. The van der Waals surface area contributed by atoms with Crippen LogP contribution < -0.4 is 10.2 Å². The lowest BCUT2D eigenvalue weighted by Crippen LogP contribution is -2.46. The van der Waals surface area contributed by atoms with Gasteiger partial charge in [-0.3, -0.25) is 9.78 Å². The molecule has 1 saturated heterocycles. The van der Waals surface area contributed by atoms with Crippen LogP contribution in [0.3, 0.4) is 0 Å². The number of fused-ring (bicyclic) bond motifs is 1. The van der Waals surface area contributed by atoms with Crippen LogP contribution in [0.15, 0.2) is 24.5 Å². The molecule has 2 aliphatic rings. The molecule has 2 fully saturated rings. The van der Waals surface area contributed by atoms with Gasteiger partial charge in [0.1, 0.15) is 5.82 Å². The van der Waals surface area contributed by atoms with E-state index in [0.29, 0.717) is 17.5 Å². The van der Waals surface area contributed by atoms with Gasteiger partial charge in [-0.05, 0) is 64.9 Å². The average Bonchev–Trinajstić information content (AvgIpc) is 2.66. The minimum Gasteiger partial charge on any atom is -0.390 e. The summed E-state index contributed by atoms with van der Waals surface area (Å²) in [7, 11) is 0. The van der Waals surface area contributed by atoms with Crippen molar-refractivity contribution in [2.75, 3.05) is 11.4 Å². The highest BCUT2D eigenvalue weighted by Gasteiger charge is 2.32. The van der Waals surface area contributed by atoms with Crippen LogP contribution in [0.25, 0.3) is 10.9 Å². The van der Waals surface area contributed by atoms with E-state index < -0.39 is 5.60 Å². The highest BCUT2D eigenvalue weighted by atomic mass is 16.3. The van der Waals surface area contributed by atoms with Crippen molar-refractivity contribution in [1.82, 2.24) is 15.3 Å². The lowest BCUT2D eigenvalue weighted by atomic mass is 9.77. The molecule has 28 heavy (non-hydrogen) atoms. The van der Waals surface area contributed by atoms with E-state index in [-0.39, 0.29) is 11.9 Å². The van der Waals surface area contributed by atoms with Crippen molar-refractivity contribution in [2.24, 2.45) is 5.92 Å². The summed E-state index contributed by atoms with van der Waals surface area (Å²) in [4.78, 5) is 24.0. The quantitative estimate of drug-likeness (QED) is 0.848. The molecule has 0 spiro atoms. The van der Waals surface area contributed by atoms with Gasteiger partial charge in [0.2, 0.25) is 0 Å². The monoisotopic (exact) mass is 382 g/mol. The summed E-state index contributed by atoms with van der Waals surface area (Å²) < 4.78 is 0. The Bertz CT molecular complexity index is 868. The molecule has 1 atom stereocenters. The Hall–Kier alpha value is -2.21. The number of nitrogens with zero attached hydrogens (tertiary/aromatic N) is 3. The molecule has 0 unspecified atom stereocenters. The van der Waals surface area contributed by atoms with E-state index in [1.165, 1.54) is 6.42 Å². The van der Waals surface area contributed by atoms with Crippen molar-refractivity contribution in [2.45, 2.75) is 70.6 Å². The number of hydrogen-bond donors (Lipinski definition) is 2. The summed E-state index contributed by atoms with van der Waals surface area (Å²) in [6.07, 6.45) is 8.35. The predicted molar refractivity (Wildman–Crippen MR) is 110 cm³/mol. The van der Waals surface area contributed by atoms with E-state index >= 15 is 0 Å². The Kier molecular flexibility index (Phi) is 5.00. The SMILES string of the molecule is C[C@H]1CCN1c1cc2ncc(C(=O)N[C@H]3CC[C@H](C(C)(C)O)CC3)cc2cn1. The summed E-state index contributed by atoms with van der Waals surface area (Å²) in [6.45, 7) is 6.99. The van der Waals surface area contributed by atoms with Gasteiger partial charge in [0, 0.05) is 42.5 Å². The molecular formula is C22H30N4O2. The van der Waals surface area contributed by atoms with Crippen LogP contribution in [-0.2, 0) is 0 Å². The third-order valence-electron chi connectivity index (χ3n) is 6.49. The Morgan fingerprint density at radius 2 is 1.89 bits per heavy atom. The van der Waals surface area contributed by atoms with Crippen molar-refractivity contribution in [3.8, 4) is 0 Å². The molecule has 2 aromatic heterocycles. The van der Waals surface area contributed by atoms with E-state index in [4.69, 9.17) is 0 Å². The van der Waals surface area contributed by atoms with E-state index in [2.05, 4.69) is 27.1 Å². The minimum atomic E-state index is -0.642. The number of anilines is 1. The van der Waals surface area contributed by atoms with Gasteiger partial charge in [0.15, 0.2) is 0 Å². The summed E-state index contributed by atoms with van der Waals surface area (Å²) in [5.41, 5.74) is 0.798. The molecular weight excluding hydrogens is 352 g/mol. The van der Waals surface area contributed by atoms with Crippen LogP contribution in [0.2, 0.25) is 0 Å². The second-order valence-electron chi connectivity index (χ2n) is 8.97. The predicted octanol–water partition coefficient (Wildman–Crippen LogP) is 3.29. The Morgan fingerprint density at radius 1 is 1.14 bits per heavy atom. The Balaban J connectivity index is 1.41. The molecule has 6 heteroatoms. The van der Waals surface area contributed by atoms with Gasteiger partial charge in [-0.25, -0.2) is 4.98 Å². The second kappa shape index (κ2) is 7.32. The topological polar surface area (TPSA) is 78.4 Å². The number of aliphatic hydroxyl groups is 1. The number of nitrogens with one attached hydrogen (secondary N) is 1. The summed E-state index contributed by atoms with van der Waals surface area (Å²) in [5, 5.41) is 14.2. The van der Waals surface area contributed by atoms with Gasteiger partial charge >= 0.3 is 0 Å². The maximum absolute atomic E-state index is 12.7. The zero-order chi connectivity index (χ0) is 19.9. The molecule has 1 amide bonds. The maximum Gasteiger partial charge on any atom is 0.253 e. The smallest absolute Gasteiger partial charge is 0.253 e. The van der Waals surface area contributed by atoms with Crippen LogP contribution in [0.4, 0.5) is 5.82 Å². The number of rotatable bonds is 4. The minimum absolute atomic E-state index is 0.0819. The first-order valence-electron chi connectivity index (χ1n) is 10.4. The molecule has 1 aliphatic carbocycles. The van der Waals surface area contributed by atoms with Crippen LogP contribution in [-0.4, -0.2) is 45.2 Å². The fourth-order valence-electron chi connectivity index (χ4n) is 4.36. The van der Waals surface area contributed by atoms with Crippen molar-refractivity contribution in [1.29, 1.82) is 0 Å². The lowest BCUT2D eigenvalue weighted by molar-refractivity contribution is -0.00257. The molecule has 0 radical (unpaired) electrons. The highest BCUT2D eigenvalue weighted by molar-refractivity contribution is 5.97. The van der Waals surface area contributed by atoms with Crippen molar-refractivity contribution >= 4 is 22.6 Å². The number of carbonyl (C=O) groups excluding carboxylic acids is 1. The van der Waals surface area contributed by atoms with Gasteiger partial charge in [-0.2, -0.15) is 0 Å². The van der Waals surface area contributed by atoms with Gasteiger partial charge in [-0.15, -0.1) is 0 Å². The number of amides is 1. The highest BCUT2D eigenvalue weighted by Crippen LogP contribution is 2.32. The zero-order valence-corrected chi connectivity index (χ0v) is 17.0. The van der Waals surface area contributed by atoms with Gasteiger partial charge in [0.25, 0.3) is 5.91 Å².